The number of nitrogens with one attached hydrogen (secondary N) is 3. The molecular weight excluding hydrogens is 736 g/mol. The number of carboxylic acid groups (broad SMARTS) is 1. The third kappa shape index (κ3) is 12.2. The number of phenolic OH excluding ortho intramolecular Hbond substituents is 1. The highest BCUT2D eigenvalue weighted by molar-refractivity contribution is 7.99. The summed E-state index contributed by atoms with van der Waals surface area (Å²) in [6.45, 7) is 4.67. The number of nitrogens with zero attached hydrogens (tertiary/aromatic N) is 1. The van der Waals surface area contributed by atoms with Gasteiger partial charge in [-0.1, -0.05) is 74.0 Å². The molecular formula is C39H45ClN4O9S. The summed E-state index contributed by atoms with van der Waals surface area (Å²) in [6, 6.07) is 17.4. The number of rotatable bonds is 18. The quantitative estimate of drug-likeness (QED) is 0.127. The number of hydrogen-bond donors (Lipinski definition) is 5. The van der Waals surface area contributed by atoms with Crippen LogP contribution in [0.3, 0.4) is 0 Å². The Bertz CT molecular complexity index is 1790. The Hall–Kier alpha value is -5.08. The first-order valence-electron chi connectivity index (χ1n) is 17.4. The van der Waals surface area contributed by atoms with E-state index in [0.717, 1.165) is 5.56 Å². The molecule has 1 saturated heterocycles. The van der Waals surface area contributed by atoms with E-state index in [1.807, 2.05) is 18.2 Å². The van der Waals surface area contributed by atoms with Crippen LogP contribution in [0.25, 0.3) is 0 Å². The molecule has 5 atom stereocenters. The Labute approximate surface area is 323 Å². The number of aliphatic carboxylic acids is 1. The summed E-state index contributed by atoms with van der Waals surface area (Å²) in [5.41, 5.74) is 1.45. The van der Waals surface area contributed by atoms with Crippen molar-refractivity contribution >= 4 is 58.7 Å². The number of para-hydroxylation sites is 1. The maximum atomic E-state index is 14.4. The molecule has 5 N–H and O–H groups in total. The molecule has 0 spiro atoms. The molecule has 15 heteroatoms. The summed E-state index contributed by atoms with van der Waals surface area (Å²) in [5, 5.41) is 27.8. The molecule has 0 radical (unpaired) electrons. The van der Waals surface area contributed by atoms with Gasteiger partial charge in [0.2, 0.25) is 23.6 Å². The number of thioether (sulfide) groups is 1. The van der Waals surface area contributed by atoms with Crippen molar-refractivity contribution < 1.29 is 43.7 Å². The Morgan fingerprint density at radius 1 is 0.907 bits per heavy atom. The van der Waals surface area contributed by atoms with Gasteiger partial charge in [0.25, 0.3) is 0 Å². The Kier molecular flexibility index (Phi) is 15.3. The average molecular weight is 781 g/mol. The largest absolute Gasteiger partial charge is 0.508 e. The first kappa shape index (κ1) is 41.7. The zero-order chi connectivity index (χ0) is 39.4. The predicted molar refractivity (Wildman–Crippen MR) is 204 cm³/mol. The number of phenols is 1. The van der Waals surface area contributed by atoms with Crippen molar-refractivity contribution in [3.8, 4) is 11.5 Å². The molecule has 1 aliphatic rings. The van der Waals surface area contributed by atoms with Gasteiger partial charge in [0, 0.05) is 30.5 Å². The summed E-state index contributed by atoms with van der Waals surface area (Å²) >= 11 is 7.46. The van der Waals surface area contributed by atoms with Gasteiger partial charge in [-0.05, 0) is 47.4 Å². The van der Waals surface area contributed by atoms with E-state index in [9.17, 15) is 39.0 Å². The number of aromatic hydroxyl groups is 1. The molecule has 13 nitrogen and oxygen atoms in total. The molecule has 1 fully saturated rings. The summed E-state index contributed by atoms with van der Waals surface area (Å²) in [4.78, 5) is 80.5. The number of carboxylic acids is 1. The fraction of sp³-hybridized carbons (Fsp3) is 0.385. The van der Waals surface area contributed by atoms with Gasteiger partial charge in [-0.25, -0.2) is 0 Å². The van der Waals surface area contributed by atoms with E-state index in [-0.39, 0.29) is 30.9 Å². The molecule has 4 rings (SSSR count). The van der Waals surface area contributed by atoms with Gasteiger partial charge in [0.05, 0.1) is 24.8 Å². The van der Waals surface area contributed by atoms with Crippen LogP contribution in [-0.4, -0.2) is 93.1 Å². The van der Waals surface area contributed by atoms with E-state index >= 15 is 0 Å². The lowest BCUT2D eigenvalue weighted by molar-refractivity contribution is -0.144. The van der Waals surface area contributed by atoms with E-state index in [4.69, 9.17) is 16.3 Å². The molecule has 288 valence electrons. The van der Waals surface area contributed by atoms with Crippen molar-refractivity contribution in [1.29, 1.82) is 0 Å². The molecule has 0 aliphatic carbocycles. The van der Waals surface area contributed by atoms with Gasteiger partial charge >= 0.3 is 5.97 Å². The lowest BCUT2D eigenvalue weighted by atomic mass is 10.00. The minimum absolute atomic E-state index is 0.0236. The van der Waals surface area contributed by atoms with E-state index < -0.39 is 78.0 Å². The second-order valence-corrected chi connectivity index (χ2v) is 14.8. The number of benzene rings is 3. The van der Waals surface area contributed by atoms with Crippen LogP contribution in [0, 0.1) is 5.92 Å². The number of likely N-dealkylation sites (tertiary alicyclic amines) is 1. The molecule has 0 aromatic heterocycles. The Morgan fingerprint density at radius 3 is 2.20 bits per heavy atom. The average Bonchev–Trinajstić information content (AvgIpc) is 3.55. The lowest BCUT2D eigenvalue weighted by Crippen LogP contribution is -2.59. The van der Waals surface area contributed by atoms with Crippen LogP contribution >= 0.6 is 23.4 Å². The fourth-order valence-electron chi connectivity index (χ4n) is 6.00. The lowest BCUT2D eigenvalue weighted by Gasteiger charge is -2.32. The molecule has 4 amide bonds. The molecule has 1 unspecified atom stereocenters. The summed E-state index contributed by atoms with van der Waals surface area (Å²) in [6.07, 6.45) is -1.23. The fourth-order valence-corrected chi connectivity index (χ4v) is 7.26. The monoisotopic (exact) mass is 780 g/mol. The molecule has 1 heterocycles. The zero-order valence-electron chi connectivity index (χ0n) is 30.2. The summed E-state index contributed by atoms with van der Waals surface area (Å²) in [7, 11) is 0. The van der Waals surface area contributed by atoms with Crippen LogP contribution in [0.1, 0.15) is 44.7 Å². The number of hydrogen-bond acceptors (Lipinski definition) is 9. The van der Waals surface area contributed by atoms with Crippen molar-refractivity contribution in [3.63, 3.8) is 0 Å². The van der Waals surface area contributed by atoms with E-state index in [2.05, 4.69) is 16.0 Å². The minimum Gasteiger partial charge on any atom is -0.508 e. The van der Waals surface area contributed by atoms with E-state index in [1.165, 1.54) is 35.7 Å². The second-order valence-electron chi connectivity index (χ2n) is 13.4. The first-order chi connectivity index (χ1) is 25.7. The van der Waals surface area contributed by atoms with Crippen molar-refractivity contribution in [3.05, 3.63) is 95.0 Å². The molecule has 54 heavy (non-hydrogen) atoms. The van der Waals surface area contributed by atoms with E-state index in [1.54, 1.807) is 62.4 Å². The van der Waals surface area contributed by atoms with Crippen LogP contribution in [0.4, 0.5) is 0 Å². The first-order valence-corrected chi connectivity index (χ1v) is 19.0. The van der Waals surface area contributed by atoms with Gasteiger partial charge in [-0.3, -0.25) is 28.8 Å². The van der Waals surface area contributed by atoms with E-state index in [0.29, 0.717) is 22.1 Å². The number of carbonyl (C=O) groups excluding carboxylic acids is 5. The highest BCUT2D eigenvalue weighted by Crippen LogP contribution is 2.26. The number of ether oxygens (including phenoxy) is 1. The van der Waals surface area contributed by atoms with Gasteiger partial charge in [0.1, 0.15) is 35.7 Å². The van der Waals surface area contributed by atoms with Gasteiger partial charge in [0.15, 0.2) is 5.78 Å². The van der Waals surface area contributed by atoms with Crippen molar-refractivity contribution in [2.75, 3.05) is 12.3 Å². The molecule has 0 saturated carbocycles. The van der Waals surface area contributed by atoms with Gasteiger partial charge < -0.3 is 35.8 Å². The summed E-state index contributed by atoms with van der Waals surface area (Å²) in [5.74, 6) is -3.88. The Balaban J connectivity index is 1.54. The molecule has 0 bridgehead atoms. The van der Waals surface area contributed by atoms with Crippen molar-refractivity contribution in [2.45, 2.75) is 76.1 Å². The summed E-state index contributed by atoms with van der Waals surface area (Å²) < 4.78 is 6.13. The zero-order valence-corrected chi connectivity index (χ0v) is 31.8. The second kappa shape index (κ2) is 19.8. The topological polar surface area (TPSA) is 191 Å². The standard InChI is InChI=1S/C39H45ClN4O9S/c1-23(2)36(43-37(50)32(41-24(3)45)17-25-13-15-27(46)16-14-25)39(52)44-20-29(53-28-10-5-4-6-11-28)18-33(44)38(51)42-31(19-35(48)49)34(47)22-54-21-26-9-7-8-12-30(26)40/h4-16,23,29,31-33,36,46H,17-22H2,1-3H3,(H,41,45)(H,42,51)(H,43,50)(H,48,49)/t29-,31+,32+,33?,36+/m1/s1. The smallest absolute Gasteiger partial charge is 0.305 e. The van der Waals surface area contributed by atoms with Crippen LogP contribution in [0.2, 0.25) is 5.02 Å². The van der Waals surface area contributed by atoms with Crippen LogP contribution in [0.15, 0.2) is 78.9 Å². The number of ketones is 1. The molecule has 3 aromatic rings. The number of Topliss-reactive ketones (excluding diaryl/α,β-unsaturated/α-hetero) is 1. The Morgan fingerprint density at radius 2 is 1.57 bits per heavy atom. The third-order valence-corrected chi connectivity index (χ3v) is 10.1. The molecule has 1 aliphatic heterocycles. The van der Waals surface area contributed by atoms with Crippen molar-refractivity contribution in [1.82, 2.24) is 20.9 Å². The normalized spacial score (nSPS) is 16.9. The minimum atomic E-state index is -1.38. The number of carbonyl (C=O) groups is 6. The maximum Gasteiger partial charge on any atom is 0.305 e. The number of amides is 4. The number of halogens is 1. The molecule has 3 aromatic carbocycles. The maximum absolute atomic E-state index is 14.4. The predicted octanol–water partition coefficient (Wildman–Crippen LogP) is 3.74. The highest BCUT2D eigenvalue weighted by atomic mass is 35.5. The van der Waals surface area contributed by atoms with Crippen molar-refractivity contribution in [2.24, 2.45) is 5.92 Å². The SMILES string of the molecule is CC(=O)N[C@@H](Cc1ccc(O)cc1)C(=O)N[C@H](C(=O)N1C[C@H](Oc2ccccc2)CC1C(=O)N[C@@H](CC(=O)O)C(=O)CSCc1ccccc1Cl)C(C)C. The van der Waals surface area contributed by atoms with Gasteiger partial charge in [-0.15, -0.1) is 11.8 Å². The van der Waals surface area contributed by atoms with Crippen LogP contribution in [-0.2, 0) is 40.9 Å². The van der Waals surface area contributed by atoms with Crippen LogP contribution < -0.4 is 20.7 Å². The van der Waals surface area contributed by atoms with Crippen LogP contribution in [0.5, 0.6) is 11.5 Å². The highest BCUT2D eigenvalue weighted by Gasteiger charge is 2.45. The van der Waals surface area contributed by atoms with Gasteiger partial charge in [-0.2, -0.15) is 0 Å². The third-order valence-electron chi connectivity index (χ3n) is 8.74.